The van der Waals surface area contributed by atoms with Crippen LogP contribution in [0.1, 0.15) is 25.0 Å². The van der Waals surface area contributed by atoms with Crippen molar-refractivity contribution in [2.45, 2.75) is 26.5 Å². The van der Waals surface area contributed by atoms with Gasteiger partial charge in [0.25, 0.3) is 0 Å². The monoisotopic (exact) mass is 235 g/mol. The second kappa shape index (κ2) is 6.00. The van der Waals surface area contributed by atoms with Gasteiger partial charge in [-0.25, -0.2) is 4.79 Å². The maximum atomic E-state index is 11.3. The highest BCUT2D eigenvalue weighted by atomic mass is 16.6. The zero-order chi connectivity index (χ0) is 12.8. The third-order valence-corrected chi connectivity index (χ3v) is 2.03. The predicted molar refractivity (Wildman–Crippen MR) is 66.7 cm³/mol. The smallest absolute Gasteiger partial charge is 0.435 e. The van der Waals surface area contributed by atoms with Crippen molar-refractivity contribution in [3.05, 3.63) is 35.4 Å². The molecule has 5 heteroatoms. The van der Waals surface area contributed by atoms with E-state index in [2.05, 4.69) is 4.99 Å². The first-order chi connectivity index (χ1) is 8.02. The van der Waals surface area contributed by atoms with Crippen LogP contribution in [0.4, 0.5) is 4.79 Å². The van der Waals surface area contributed by atoms with Crippen LogP contribution >= 0.6 is 0 Å². The Kier molecular flexibility index (Phi) is 4.66. The lowest BCUT2D eigenvalue weighted by atomic mass is 10.1. The third kappa shape index (κ3) is 4.24. The van der Waals surface area contributed by atoms with E-state index in [9.17, 15) is 4.79 Å². The maximum absolute atomic E-state index is 11.3. The van der Waals surface area contributed by atoms with Crippen molar-refractivity contribution in [3.63, 3.8) is 0 Å². The van der Waals surface area contributed by atoms with Crippen LogP contribution in [0.2, 0.25) is 0 Å². The van der Waals surface area contributed by atoms with E-state index in [0.29, 0.717) is 12.1 Å². The molecule has 0 atom stereocenters. The Balaban J connectivity index is 2.77. The fourth-order valence-electron chi connectivity index (χ4n) is 1.20. The molecule has 0 heterocycles. The Bertz CT molecular complexity index is 410. The molecule has 17 heavy (non-hydrogen) atoms. The van der Waals surface area contributed by atoms with E-state index in [-0.39, 0.29) is 11.9 Å². The Morgan fingerprint density at radius 2 is 1.94 bits per heavy atom. The van der Waals surface area contributed by atoms with E-state index in [1.807, 2.05) is 12.1 Å². The number of ether oxygens (including phenoxy) is 1. The lowest BCUT2D eigenvalue weighted by molar-refractivity contribution is 0.126. The molecule has 0 aliphatic carbocycles. The lowest BCUT2D eigenvalue weighted by Gasteiger charge is -2.05. The summed E-state index contributed by atoms with van der Waals surface area (Å²) < 4.78 is 4.86. The lowest BCUT2D eigenvalue weighted by Crippen LogP contribution is -2.17. The van der Waals surface area contributed by atoms with Gasteiger partial charge in [-0.2, -0.15) is 4.99 Å². The van der Waals surface area contributed by atoms with E-state index in [0.717, 1.165) is 5.56 Å². The first-order valence-corrected chi connectivity index (χ1v) is 5.37. The molecule has 0 unspecified atom stereocenters. The van der Waals surface area contributed by atoms with E-state index in [4.69, 9.17) is 16.2 Å². The molecule has 1 aromatic carbocycles. The first-order valence-electron chi connectivity index (χ1n) is 5.37. The summed E-state index contributed by atoms with van der Waals surface area (Å²) in [4.78, 5) is 14.9. The maximum Gasteiger partial charge on any atom is 0.435 e. The number of carbonyl (C=O) groups excluding carboxylic acids is 1. The number of hydrogen-bond acceptors (Lipinski definition) is 3. The molecule has 0 saturated heterocycles. The summed E-state index contributed by atoms with van der Waals surface area (Å²) >= 11 is 0. The highest BCUT2D eigenvalue weighted by Gasteiger charge is 2.05. The second-order valence-corrected chi connectivity index (χ2v) is 3.83. The number of benzene rings is 1. The standard InChI is InChI=1S/C12H17N3O2/c1-8(2)17-12(16)15-11(14)10-5-3-9(7-13)4-6-10/h3-6,8H,7,13H2,1-2H3,(H2,14,15,16). The van der Waals surface area contributed by atoms with Gasteiger partial charge in [-0.3, -0.25) is 0 Å². The SMILES string of the molecule is CC(C)OC(=O)/N=C(\N)c1ccc(CN)cc1. The summed E-state index contributed by atoms with van der Waals surface area (Å²) in [6, 6.07) is 7.21. The molecule has 0 radical (unpaired) electrons. The van der Waals surface area contributed by atoms with Gasteiger partial charge in [-0.1, -0.05) is 24.3 Å². The number of nitrogens with two attached hydrogens (primary N) is 2. The zero-order valence-electron chi connectivity index (χ0n) is 10.0. The van der Waals surface area contributed by atoms with Crippen LogP contribution < -0.4 is 11.5 Å². The minimum absolute atomic E-state index is 0.138. The van der Waals surface area contributed by atoms with Gasteiger partial charge in [-0.15, -0.1) is 0 Å². The largest absolute Gasteiger partial charge is 0.445 e. The first kappa shape index (κ1) is 13.2. The molecular formula is C12H17N3O2. The molecule has 5 nitrogen and oxygen atoms in total. The van der Waals surface area contributed by atoms with Gasteiger partial charge in [0.2, 0.25) is 0 Å². The molecule has 0 aromatic heterocycles. The Morgan fingerprint density at radius 1 is 1.35 bits per heavy atom. The van der Waals surface area contributed by atoms with Gasteiger partial charge in [0.05, 0.1) is 6.10 Å². The van der Waals surface area contributed by atoms with Crippen LogP contribution in [0.25, 0.3) is 0 Å². The minimum Gasteiger partial charge on any atom is -0.445 e. The molecular weight excluding hydrogens is 218 g/mol. The topological polar surface area (TPSA) is 90.7 Å². The number of carbonyl (C=O) groups is 1. The van der Waals surface area contributed by atoms with Crippen molar-refractivity contribution in [2.24, 2.45) is 16.5 Å². The fourth-order valence-corrected chi connectivity index (χ4v) is 1.20. The Hall–Kier alpha value is -1.88. The predicted octanol–water partition coefficient (Wildman–Crippen LogP) is 1.40. The Morgan fingerprint density at radius 3 is 2.41 bits per heavy atom. The van der Waals surface area contributed by atoms with Crippen molar-refractivity contribution in [2.75, 3.05) is 0 Å². The molecule has 0 aliphatic heterocycles. The Labute approximate surface area is 100 Å². The van der Waals surface area contributed by atoms with Crippen LogP contribution in [0.5, 0.6) is 0 Å². The van der Waals surface area contributed by atoms with Crippen LogP contribution in [-0.4, -0.2) is 18.0 Å². The molecule has 1 rings (SSSR count). The van der Waals surface area contributed by atoms with E-state index >= 15 is 0 Å². The summed E-state index contributed by atoms with van der Waals surface area (Å²) in [5, 5.41) is 0. The molecule has 1 aromatic rings. The molecule has 0 fully saturated rings. The molecule has 4 N–H and O–H groups in total. The molecule has 0 bridgehead atoms. The second-order valence-electron chi connectivity index (χ2n) is 3.83. The summed E-state index contributed by atoms with van der Waals surface area (Å²) in [5.41, 5.74) is 12.8. The van der Waals surface area contributed by atoms with Gasteiger partial charge >= 0.3 is 6.09 Å². The van der Waals surface area contributed by atoms with Gasteiger partial charge in [-0.05, 0) is 19.4 Å². The number of amidine groups is 1. The average molecular weight is 235 g/mol. The quantitative estimate of drug-likeness (QED) is 0.612. The van der Waals surface area contributed by atoms with E-state index < -0.39 is 6.09 Å². The van der Waals surface area contributed by atoms with Crippen LogP contribution in [0.3, 0.4) is 0 Å². The highest BCUT2D eigenvalue weighted by Crippen LogP contribution is 2.04. The molecule has 92 valence electrons. The number of nitrogens with zero attached hydrogens (tertiary/aromatic N) is 1. The van der Waals surface area contributed by atoms with Crippen molar-refractivity contribution in [1.82, 2.24) is 0 Å². The van der Waals surface area contributed by atoms with Crippen LogP contribution in [-0.2, 0) is 11.3 Å². The summed E-state index contributed by atoms with van der Waals surface area (Å²) in [6.45, 7) is 3.96. The average Bonchev–Trinajstić information content (AvgIpc) is 2.28. The molecule has 0 saturated carbocycles. The van der Waals surface area contributed by atoms with Gasteiger partial charge in [0.15, 0.2) is 0 Å². The highest BCUT2D eigenvalue weighted by molar-refractivity contribution is 6.02. The molecule has 0 spiro atoms. The van der Waals surface area contributed by atoms with Crippen LogP contribution in [0.15, 0.2) is 29.3 Å². The normalized spacial score (nSPS) is 11.6. The van der Waals surface area contributed by atoms with Crippen LogP contribution in [0, 0.1) is 0 Å². The summed E-state index contributed by atoms with van der Waals surface area (Å²) in [7, 11) is 0. The van der Waals surface area contributed by atoms with Crippen molar-refractivity contribution in [1.29, 1.82) is 0 Å². The van der Waals surface area contributed by atoms with Crippen molar-refractivity contribution < 1.29 is 9.53 Å². The van der Waals surface area contributed by atoms with Gasteiger partial charge < -0.3 is 16.2 Å². The minimum atomic E-state index is -0.680. The molecule has 0 aliphatic rings. The number of aliphatic imine (C=N–C) groups is 1. The molecule has 1 amide bonds. The van der Waals surface area contributed by atoms with E-state index in [1.165, 1.54) is 0 Å². The number of hydrogen-bond donors (Lipinski definition) is 2. The van der Waals surface area contributed by atoms with E-state index in [1.54, 1.807) is 26.0 Å². The third-order valence-electron chi connectivity index (χ3n) is 2.03. The summed E-state index contributed by atoms with van der Waals surface area (Å²) in [6.07, 6.45) is -0.890. The fraction of sp³-hybridized carbons (Fsp3) is 0.333. The van der Waals surface area contributed by atoms with Crippen molar-refractivity contribution in [3.8, 4) is 0 Å². The zero-order valence-corrected chi connectivity index (χ0v) is 10.0. The number of amides is 1. The van der Waals surface area contributed by atoms with Crippen molar-refractivity contribution >= 4 is 11.9 Å². The van der Waals surface area contributed by atoms with Gasteiger partial charge in [0, 0.05) is 12.1 Å². The number of rotatable bonds is 3. The summed E-state index contributed by atoms with van der Waals surface area (Å²) in [5.74, 6) is 0.138. The van der Waals surface area contributed by atoms with Gasteiger partial charge in [0.1, 0.15) is 5.84 Å².